The summed E-state index contributed by atoms with van der Waals surface area (Å²) in [5, 5.41) is 2.97. The van der Waals surface area contributed by atoms with Crippen LogP contribution in [0.5, 0.6) is 5.75 Å². The first-order valence-electron chi connectivity index (χ1n) is 11.9. The normalized spacial score (nSPS) is 18.9. The number of ether oxygens (including phenoxy) is 1. The molecule has 184 valence electrons. The molecule has 0 saturated carbocycles. The third-order valence-corrected chi connectivity index (χ3v) is 7.70. The molecule has 1 amide bonds. The Morgan fingerprint density at radius 2 is 1.76 bits per heavy atom. The molecule has 0 aromatic heterocycles. The van der Waals surface area contributed by atoms with Gasteiger partial charge in [0.1, 0.15) is 5.75 Å². The van der Waals surface area contributed by atoms with E-state index in [1.165, 1.54) is 22.7 Å². The van der Waals surface area contributed by atoms with Crippen LogP contribution in [-0.4, -0.2) is 51.2 Å². The zero-order chi connectivity index (χ0) is 24.5. The number of anilines is 1. The maximum absolute atomic E-state index is 13.1. The predicted octanol–water partition coefficient (Wildman–Crippen LogP) is 3.42. The lowest BCUT2D eigenvalue weighted by Gasteiger charge is -2.35. The fourth-order valence-electron chi connectivity index (χ4n) is 4.53. The number of nitrogens with zero attached hydrogens (tertiary/aromatic N) is 2. The average Bonchev–Trinajstić information content (AvgIpc) is 3.29. The largest absolute Gasteiger partial charge is 0.476 e. The van der Waals surface area contributed by atoms with Gasteiger partial charge in [0.15, 0.2) is 6.10 Å². The Bertz CT molecular complexity index is 1150. The lowest BCUT2D eigenvalue weighted by molar-refractivity contribution is -0.127. The van der Waals surface area contributed by atoms with Crippen LogP contribution in [0.2, 0.25) is 0 Å². The molecule has 2 heterocycles. The van der Waals surface area contributed by atoms with E-state index in [0.29, 0.717) is 18.0 Å². The van der Waals surface area contributed by atoms with Crippen molar-refractivity contribution in [3.8, 4) is 5.75 Å². The fourth-order valence-corrected chi connectivity index (χ4v) is 5.44. The zero-order valence-corrected chi connectivity index (χ0v) is 21.3. The van der Waals surface area contributed by atoms with E-state index in [1.54, 1.807) is 6.07 Å². The van der Waals surface area contributed by atoms with Crippen molar-refractivity contribution in [2.75, 3.05) is 30.2 Å². The third-order valence-electron chi connectivity index (χ3n) is 6.55. The number of rotatable bonds is 6. The summed E-state index contributed by atoms with van der Waals surface area (Å²) in [5.74, 6) is 0.0782. The van der Waals surface area contributed by atoms with Crippen LogP contribution in [0.4, 0.5) is 5.69 Å². The molecular weight excluding hydrogens is 450 g/mol. The van der Waals surface area contributed by atoms with Gasteiger partial charge in [-0.25, -0.2) is 8.42 Å². The van der Waals surface area contributed by atoms with Gasteiger partial charge in [-0.15, -0.1) is 0 Å². The van der Waals surface area contributed by atoms with Crippen molar-refractivity contribution >= 4 is 21.6 Å². The summed E-state index contributed by atoms with van der Waals surface area (Å²) in [5.41, 5.74) is 3.60. The van der Waals surface area contributed by atoms with E-state index in [1.807, 2.05) is 30.3 Å². The Hall–Kier alpha value is -2.58. The zero-order valence-electron chi connectivity index (χ0n) is 20.5. The maximum Gasteiger partial charge on any atom is 0.263 e. The summed E-state index contributed by atoms with van der Waals surface area (Å²) in [7, 11) is -3.59. The second-order valence-electron chi connectivity index (χ2n) is 10.3. The number of hydrogen-bond donors (Lipinski definition) is 1. The van der Waals surface area contributed by atoms with E-state index in [-0.39, 0.29) is 17.9 Å². The van der Waals surface area contributed by atoms with Crippen molar-refractivity contribution in [2.24, 2.45) is 0 Å². The van der Waals surface area contributed by atoms with E-state index in [4.69, 9.17) is 4.74 Å². The fraction of sp³-hybridized carbons (Fsp3) is 0.500. The minimum atomic E-state index is -3.59. The molecule has 1 saturated heterocycles. The first kappa shape index (κ1) is 24.5. The standard InChI is InChI=1S/C26H35N3O4S/c1-26(2,3)21-11-12-23-22(15-21)29(34(4,31)32)18-24(33-23)25(30)27-16-19-9-5-6-10-20(19)17-28-13-7-8-14-28/h5-6,9-12,15,24H,7-8,13-14,16-18H2,1-4H3,(H,27,30). The van der Waals surface area contributed by atoms with Gasteiger partial charge >= 0.3 is 0 Å². The van der Waals surface area contributed by atoms with Crippen LogP contribution in [0.1, 0.15) is 50.3 Å². The first-order chi connectivity index (χ1) is 16.0. The summed E-state index contributed by atoms with van der Waals surface area (Å²) < 4.78 is 32.5. The molecule has 1 atom stereocenters. The van der Waals surface area contributed by atoms with Gasteiger partial charge < -0.3 is 10.1 Å². The Kier molecular flexibility index (Phi) is 6.92. The number of carbonyl (C=O) groups excluding carboxylic acids is 1. The summed E-state index contributed by atoms with van der Waals surface area (Å²) in [6, 6.07) is 13.7. The lowest BCUT2D eigenvalue weighted by atomic mass is 9.86. The predicted molar refractivity (Wildman–Crippen MR) is 135 cm³/mol. The highest BCUT2D eigenvalue weighted by Crippen LogP contribution is 2.38. The lowest BCUT2D eigenvalue weighted by Crippen LogP contribution is -2.50. The van der Waals surface area contributed by atoms with Crippen LogP contribution in [-0.2, 0) is 33.3 Å². The monoisotopic (exact) mass is 485 g/mol. The number of carbonyl (C=O) groups is 1. The van der Waals surface area contributed by atoms with Crippen molar-refractivity contribution in [3.63, 3.8) is 0 Å². The van der Waals surface area contributed by atoms with Crippen molar-refractivity contribution < 1.29 is 17.9 Å². The Morgan fingerprint density at radius 3 is 2.41 bits per heavy atom. The molecule has 2 aliphatic rings. The average molecular weight is 486 g/mol. The second kappa shape index (κ2) is 9.58. The molecule has 0 aliphatic carbocycles. The van der Waals surface area contributed by atoms with Gasteiger partial charge in [0, 0.05) is 13.1 Å². The molecule has 7 nitrogen and oxygen atoms in total. The van der Waals surface area contributed by atoms with Gasteiger partial charge in [-0.3, -0.25) is 14.0 Å². The molecule has 34 heavy (non-hydrogen) atoms. The van der Waals surface area contributed by atoms with Crippen LogP contribution in [0.3, 0.4) is 0 Å². The number of nitrogens with one attached hydrogen (secondary N) is 1. The molecule has 0 spiro atoms. The van der Waals surface area contributed by atoms with Crippen LogP contribution < -0.4 is 14.4 Å². The van der Waals surface area contributed by atoms with Gasteiger partial charge in [-0.1, -0.05) is 51.1 Å². The van der Waals surface area contributed by atoms with Gasteiger partial charge in [-0.05, 0) is 60.2 Å². The topological polar surface area (TPSA) is 79.0 Å². The van der Waals surface area contributed by atoms with Crippen LogP contribution in [0, 0.1) is 0 Å². The number of hydrogen-bond acceptors (Lipinski definition) is 5. The van der Waals surface area contributed by atoms with Crippen LogP contribution in [0.25, 0.3) is 0 Å². The van der Waals surface area contributed by atoms with E-state index < -0.39 is 16.1 Å². The molecule has 1 fully saturated rings. The number of likely N-dealkylation sites (tertiary alicyclic amines) is 1. The van der Waals surface area contributed by atoms with Crippen molar-refractivity contribution in [1.29, 1.82) is 0 Å². The highest BCUT2D eigenvalue weighted by atomic mass is 32.2. The molecule has 1 unspecified atom stereocenters. The molecular formula is C26H35N3O4S. The SMILES string of the molecule is CC(C)(C)c1ccc2c(c1)N(S(C)(=O)=O)CC(C(=O)NCc1ccccc1CN1CCCC1)O2. The Morgan fingerprint density at radius 1 is 1.09 bits per heavy atom. The minimum Gasteiger partial charge on any atom is -0.476 e. The van der Waals surface area contributed by atoms with Crippen molar-refractivity contribution in [1.82, 2.24) is 10.2 Å². The van der Waals surface area contributed by atoms with Crippen LogP contribution >= 0.6 is 0 Å². The number of benzene rings is 2. The Labute approximate surface area is 203 Å². The molecule has 4 rings (SSSR count). The molecule has 0 bridgehead atoms. The molecule has 8 heteroatoms. The Balaban J connectivity index is 1.50. The van der Waals surface area contributed by atoms with E-state index in [9.17, 15) is 13.2 Å². The summed E-state index contributed by atoms with van der Waals surface area (Å²) >= 11 is 0. The smallest absolute Gasteiger partial charge is 0.263 e. The molecule has 1 N–H and O–H groups in total. The van der Waals surface area contributed by atoms with E-state index in [2.05, 4.69) is 37.1 Å². The van der Waals surface area contributed by atoms with Crippen molar-refractivity contribution in [2.45, 2.75) is 58.2 Å². The van der Waals surface area contributed by atoms with Gasteiger partial charge in [0.05, 0.1) is 18.5 Å². The highest BCUT2D eigenvalue weighted by molar-refractivity contribution is 7.92. The highest BCUT2D eigenvalue weighted by Gasteiger charge is 2.35. The molecule has 0 radical (unpaired) electrons. The number of amides is 1. The summed E-state index contributed by atoms with van der Waals surface area (Å²) in [4.78, 5) is 15.5. The molecule has 2 aliphatic heterocycles. The minimum absolute atomic E-state index is 0.0549. The molecule has 2 aromatic rings. The first-order valence-corrected chi connectivity index (χ1v) is 13.7. The quantitative estimate of drug-likeness (QED) is 0.678. The van der Waals surface area contributed by atoms with Gasteiger partial charge in [0.2, 0.25) is 10.0 Å². The summed E-state index contributed by atoms with van der Waals surface area (Å²) in [6.07, 6.45) is 2.70. The van der Waals surface area contributed by atoms with Crippen LogP contribution in [0.15, 0.2) is 42.5 Å². The third kappa shape index (κ3) is 5.55. The summed E-state index contributed by atoms with van der Waals surface area (Å²) in [6.45, 7) is 9.61. The van der Waals surface area contributed by atoms with Crippen molar-refractivity contribution in [3.05, 3.63) is 59.2 Å². The van der Waals surface area contributed by atoms with Gasteiger partial charge in [0.25, 0.3) is 5.91 Å². The second-order valence-corrected chi connectivity index (χ2v) is 12.2. The maximum atomic E-state index is 13.1. The van der Waals surface area contributed by atoms with Gasteiger partial charge in [-0.2, -0.15) is 0 Å². The van der Waals surface area contributed by atoms with E-state index >= 15 is 0 Å². The number of fused-ring (bicyclic) bond motifs is 1. The number of sulfonamides is 1. The molecule has 2 aromatic carbocycles. The van der Waals surface area contributed by atoms with E-state index in [0.717, 1.165) is 37.0 Å².